The fourth-order valence-electron chi connectivity index (χ4n) is 1.50. The van der Waals surface area contributed by atoms with E-state index < -0.39 is 11.9 Å². The first-order chi connectivity index (χ1) is 9.60. The van der Waals surface area contributed by atoms with Crippen molar-refractivity contribution in [3.63, 3.8) is 0 Å². The van der Waals surface area contributed by atoms with Gasteiger partial charge < -0.3 is 9.84 Å². The van der Waals surface area contributed by atoms with Crippen LogP contribution in [0.4, 0.5) is 5.13 Å². The maximum absolute atomic E-state index is 11.9. The first-order valence-corrected chi connectivity index (χ1v) is 6.58. The molecule has 0 aliphatic carbocycles. The molecule has 20 heavy (non-hydrogen) atoms. The first-order valence-electron chi connectivity index (χ1n) is 5.70. The summed E-state index contributed by atoms with van der Waals surface area (Å²) in [7, 11) is 1.30. The molecule has 104 valence electrons. The number of aromatic nitrogens is 1. The Morgan fingerprint density at radius 1 is 1.40 bits per heavy atom. The molecule has 0 aliphatic rings. The number of esters is 1. The van der Waals surface area contributed by atoms with Gasteiger partial charge in [-0.2, -0.15) is 0 Å². The molecule has 0 aliphatic heterocycles. The van der Waals surface area contributed by atoms with Crippen LogP contribution < -0.4 is 5.32 Å². The topological polar surface area (TPSA) is 88.5 Å². The lowest BCUT2D eigenvalue weighted by Crippen LogP contribution is -2.12. The molecule has 0 unspecified atom stereocenters. The Labute approximate surface area is 119 Å². The van der Waals surface area contributed by atoms with Crippen LogP contribution in [0.3, 0.4) is 0 Å². The molecule has 0 spiro atoms. The number of ether oxygens (including phenoxy) is 1. The molecule has 1 aromatic carbocycles. The maximum Gasteiger partial charge on any atom is 0.311 e. The lowest BCUT2D eigenvalue weighted by atomic mass is 10.2. The van der Waals surface area contributed by atoms with Gasteiger partial charge in [0, 0.05) is 5.38 Å². The van der Waals surface area contributed by atoms with E-state index in [0.29, 0.717) is 10.8 Å². The molecule has 2 rings (SSSR count). The van der Waals surface area contributed by atoms with Gasteiger partial charge in [0.1, 0.15) is 5.75 Å². The lowest BCUT2D eigenvalue weighted by molar-refractivity contribution is -0.139. The van der Waals surface area contributed by atoms with Gasteiger partial charge in [-0.15, -0.1) is 11.3 Å². The number of thiazole rings is 1. The van der Waals surface area contributed by atoms with Gasteiger partial charge >= 0.3 is 5.97 Å². The molecular weight excluding hydrogens is 280 g/mol. The second kappa shape index (κ2) is 6.16. The average Bonchev–Trinajstić information content (AvgIpc) is 2.86. The summed E-state index contributed by atoms with van der Waals surface area (Å²) < 4.78 is 4.53. The van der Waals surface area contributed by atoms with E-state index in [-0.39, 0.29) is 17.7 Å². The van der Waals surface area contributed by atoms with Crippen LogP contribution in [0.1, 0.15) is 16.1 Å². The summed E-state index contributed by atoms with van der Waals surface area (Å²) in [5.74, 6) is -0.952. The van der Waals surface area contributed by atoms with Gasteiger partial charge in [-0.3, -0.25) is 14.9 Å². The minimum absolute atomic E-state index is 0.0550. The Kier molecular flexibility index (Phi) is 4.31. The van der Waals surface area contributed by atoms with Crippen molar-refractivity contribution >= 4 is 28.3 Å². The summed E-state index contributed by atoms with van der Waals surface area (Å²) >= 11 is 1.20. The van der Waals surface area contributed by atoms with Gasteiger partial charge in [-0.25, -0.2) is 4.98 Å². The van der Waals surface area contributed by atoms with Gasteiger partial charge in [0.05, 0.1) is 24.8 Å². The lowest BCUT2D eigenvalue weighted by Gasteiger charge is -2.03. The molecule has 6 nitrogen and oxygen atoms in total. The van der Waals surface area contributed by atoms with E-state index in [2.05, 4.69) is 15.0 Å². The molecule has 2 aromatic rings. The zero-order chi connectivity index (χ0) is 14.5. The van der Waals surface area contributed by atoms with E-state index in [9.17, 15) is 14.7 Å². The Bertz CT molecular complexity index is 639. The molecular formula is C13H12N2O4S. The number of benzene rings is 1. The predicted octanol–water partition coefficient (Wildman–Crippen LogP) is 1.82. The number of carbonyl (C=O) groups excluding carboxylic acids is 2. The summed E-state index contributed by atoms with van der Waals surface area (Å²) in [5, 5.41) is 14.2. The number of nitrogens with one attached hydrogen (secondary N) is 1. The number of nitrogens with zero attached hydrogens (tertiary/aromatic N) is 1. The standard InChI is InChI=1S/C13H12N2O4S/c1-19-11(17)6-8-7-20-13(14-8)15-12(18)9-4-2-3-5-10(9)16/h2-5,7,16H,6H2,1H3,(H,14,15,18). The Balaban J connectivity index is 2.05. The second-order valence-corrected chi connectivity index (χ2v) is 4.73. The largest absolute Gasteiger partial charge is 0.507 e. The Morgan fingerprint density at radius 2 is 2.15 bits per heavy atom. The zero-order valence-corrected chi connectivity index (χ0v) is 11.4. The quantitative estimate of drug-likeness (QED) is 0.839. The third-order valence-electron chi connectivity index (χ3n) is 2.47. The summed E-state index contributed by atoms with van der Waals surface area (Å²) in [6.45, 7) is 0. The molecule has 0 saturated carbocycles. The SMILES string of the molecule is COC(=O)Cc1csc(NC(=O)c2ccccc2O)n1. The van der Waals surface area contributed by atoms with E-state index in [1.807, 2.05) is 0 Å². The van der Waals surface area contributed by atoms with E-state index in [4.69, 9.17) is 0 Å². The van der Waals surface area contributed by atoms with Gasteiger partial charge in [0.25, 0.3) is 5.91 Å². The summed E-state index contributed by atoms with van der Waals surface area (Å²) in [5.41, 5.74) is 0.687. The highest BCUT2D eigenvalue weighted by molar-refractivity contribution is 7.14. The number of hydrogen-bond donors (Lipinski definition) is 2. The summed E-state index contributed by atoms with van der Waals surface area (Å²) in [6.07, 6.45) is 0.0550. The molecule has 1 heterocycles. The van der Waals surface area contributed by atoms with Crippen molar-refractivity contribution in [3.8, 4) is 5.75 Å². The number of methoxy groups -OCH3 is 1. The number of para-hydroxylation sites is 1. The van der Waals surface area contributed by atoms with Crippen LogP contribution in [0, 0.1) is 0 Å². The van der Waals surface area contributed by atoms with E-state index in [0.717, 1.165) is 0 Å². The molecule has 0 bridgehead atoms. The van der Waals surface area contributed by atoms with Gasteiger partial charge in [-0.1, -0.05) is 12.1 Å². The van der Waals surface area contributed by atoms with Crippen LogP contribution in [0.5, 0.6) is 5.75 Å². The number of anilines is 1. The molecule has 0 radical (unpaired) electrons. The molecule has 0 saturated heterocycles. The van der Waals surface area contributed by atoms with Crippen molar-refractivity contribution in [1.29, 1.82) is 0 Å². The normalized spacial score (nSPS) is 10.1. The van der Waals surface area contributed by atoms with Crippen molar-refractivity contribution in [2.45, 2.75) is 6.42 Å². The van der Waals surface area contributed by atoms with Crippen LogP contribution in [-0.4, -0.2) is 29.1 Å². The number of hydrogen-bond acceptors (Lipinski definition) is 6. The minimum atomic E-state index is -0.456. The van der Waals surface area contributed by atoms with Crippen LogP contribution in [-0.2, 0) is 16.0 Å². The average molecular weight is 292 g/mol. The van der Waals surface area contributed by atoms with Gasteiger partial charge in [-0.05, 0) is 12.1 Å². The second-order valence-electron chi connectivity index (χ2n) is 3.87. The minimum Gasteiger partial charge on any atom is -0.507 e. The number of phenols is 1. The van der Waals surface area contributed by atoms with E-state index >= 15 is 0 Å². The molecule has 7 heteroatoms. The van der Waals surface area contributed by atoms with E-state index in [1.165, 1.54) is 30.6 Å². The number of amides is 1. The van der Waals surface area contributed by atoms with Gasteiger partial charge in [0.15, 0.2) is 5.13 Å². The maximum atomic E-state index is 11.9. The fraction of sp³-hybridized carbons (Fsp3) is 0.154. The highest BCUT2D eigenvalue weighted by Crippen LogP contribution is 2.20. The van der Waals surface area contributed by atoms with Crippen molar-refractivity contribution in [2.24, 2.45) is 0 Å². The predicted molar refractivity (Wildman–Crippen MR) is 73.9 cm³/mol. The van der Waals surface area contributed by atoms with Crippen molar-refractivity contribution < 1.29 is 19.4 Å². The van der Waals surface area contributed by atoms with Crippen LogP contribution in [0.2, 0.25) is 0 Å². The highest BCUT2D eigenvalue weighted by atomic mass is 32.1. The smallest absolute Gasteiger partial charge is 0.311 e. The fourth-order valence-corrected chi connectivity index (χ4v) is 2.20. The van der Waals surface area contributed by atoms with Crippen LogP contribution in [0.15, 0.2) is 29.6 Å². The third kappa shape index (κ3) is 3.33. The zero-order valence-electron chi connectivity index (χ0n) is 10.6. The van der Waals surface area contributed by atoms with Gasteiger partial charge in [0.2, 0.25) is 0 Å². The first kappa shape index (κ1) is 14.0. The van der Waals surface area contributed by atoms with Crippen molar-refractivity contribution in [3.05, 3.63) is 40.9 Å². The number of phenolic OH excluding ortho intramolecular Hbond substituents is 1. The molecule has 1 aromatic heterocycles. The Morgan fingerprint density at radius 3 is 2.85 bits per heavy atom. The number of rotatable bonds is 4. The van der Waals surface area contributed by atoms with E-state index in [1.54, 1.807) is 17.5 Å². The summed E-state index contributed by atoms with van der Waals surface area (Å²) in [6, 6.07) is 6.22. The monoisotopic (exact) mass is 292 g/mol. The van der Waals surface area contributed by atoms with Crippen molar-refractivity contribution in [1.82, 2.24) is 4.98 Å². The summed E-state index contributed by atoms with van der Waals surface area (Å²) in [4.78, 5) is 27.1. The number of carbonyl (C=O) groups is 2. The molecule has 0 atom stereocenters. The van der Waals surface area contributed by atoms with Crippen molar-refractivity contribution in [2.75, 3.05) is 12.4 Å². The molecule has 1 amide bonds. The third-order valence-corrected chi connectivity index (χ3v) is 3.28. The molecule has 2 N–H and O–H groups in total. The highest BCUT2D eigenvalue weighted by Gasteiger charge is 2.13. The molecule has 0 fully saturated rings. The van der Waals surface area contributed by atoms with Crippen LogP contribution in [0.25, 0.3) is 0 Å². The van der Waals surface area contributed by atoms with Crippen LogP contribution >= 0.6 is 11.3 Å². The number of aromatic hydroxyl groups is 1. The Hall–Kier alpha value is -2.41.